The normalized spacial score (nSPS) is 18.6. The monoisotopic (exact) mass is 292 g/mol. The quantitative estimate of drug-likeness (QED) is 0.731. The zero-order chi connectivity index (χ0) is 13.3. The number of alkyl halides is 1. The Labute approximate surface area is 122 Å². The summed E-state index contributed by atoms with van der Waals surface area (Å²) in [6.07, 6.45) is 2.14. The summed E-state index contributed by atoms with van der Waals surface area (Å²) >= 11 is 2.86. The largest absolute Gasteiger partial charge is 0.227 e. The molecule has 2 aromatic carbocycles. The molecule has 0 atom stereocenters. The van der Waals surface area contributed by atoms with Crippen molar-refractivity contribution in [2.75, 3.05) is 11.5 Å². The van der Waals surface area contributed by atoms with Gasteiger partial charge >= 0.3 is 0 Å². The highest BCUT2D eigenvalue weighted by atomic mass is 32.2. The van der Waals surface area contributed by atoms with E-state index in [9.17, 15) is 4.39 Å². The molecule has 1 aliphatic rings. The van der Waals surface area contributed by atoms with Gasteiger partial charge in [-0.15, -0.1) is 23.5 Å². The van der Waals surface area contributed by atoms with Crippen molar-refractivity contribution in [2.24, 2.45) is 0 Å². The lowest BCUT2D eigenvalue weighted by molar-refractivity contribution is 0.423. The third-order valence-corrected chi connectivity index (χ3v) is 6.43. The summed E-state index contributed by atoms with van der Waals surface area (Å²) in [7, 11) is 0. The topological polar surface area (TPSA) is 0 Å². The van der Waals surface area contributed by atoms with Crippen molar-refractivity contribution in [2.45, 2.75) is 24.1 Å². The van der Waals surface area contributed by atoms with E-state index in [-0.39, 0.29) is 0 Å². The molecular formula is C16H17FS2. The number of fused-ring (bicyclic) bond motifs is 1. The number of hydrogen-bond donors (Lipinski definition) is 0. The molecule has 0 aromatic heterocycles. The van der Waals surface area contributed by atoms with E-state index in [1.54, 1.807) is 0 Å². The summed E-state index contributed by atoms with van der Waals surface area (Å²) in [5.41, 5.74) is 2.13. The maximum Gasteiger partial charge on any atom is 0.227 e. The standard InChI is InChI=1S/C16H17FS2/c1-2-12-4-5-14-11-15(7-6-13(14)10-12)16(17)18-8-3-9-19-16/h4-7,10-11H,2-3,8-9H2,1H3. The molecule has 1 heterocycles. The molecule has 1 fully saturated rings. The molecule has 0 bridgehead atoms. The SMILES string of the molecule is CCc1ccc2cc(C3(F)SCCCS3)ccc2c1. The van der Waals surface area contributed by atoms with E-state index in [0.29, 0.717) is 0 Å². The second-order valence-corrected chi connectivity index (χ2v) is 7.61. The predicted molar refractivity (Wildman–Crippen MR) is 85.6 cm³/mol. The minimum atomic E-state index is -1.25. The van der Waals surface area contributed by atoms with Crippen LogP contribution in [0.3, 0.4) is 0 Å². The Hall–Kier alpha value is -0.670. The molecule has 0 N–H and O–H groups in total. The third kappa shape index (κ3) is 2.63. The summed E-state index contributed by atoms with van der Waals surface area (Å²) in [6, 6.07) is 12.5. The van der Waals surface area contributed by atoms with Gasteiger partial charge in [0.05, 0.1) is 0 Å². The van der Waals surface area contributed by atoms with Crippen LogP contribution in [-0.4, -0.2) is 11.5 Å². The first-order chi connectivity index (χ1) is 9.21. The molecule has 0 radical (unpaired) electrons. The predicted octanol–water partition coefficient (Wildman–Crippen LogP) is 5.35. The number of aryl methyl sites for hydroxylation is 1. The van der Waals surface area contributed by atoms with Crippen LogP contribution in [-0.2, 0) is 10.8 Å². The van der Waals surface area contributed by atoms with Crippen LogP contribution in [0.1, 0.15) is 24.5 Å². The molecule has 1 aliphatic heterocycles. The van der Waals surface area contributed by atoms with Crippen LogP contribution in [0.4, 0.5) is 4.39 Å². The van der Waals surface area contributed by atoms with Crippen molar-refractivity contribution < 1.29 is 4.39 Å². The average Bonchev–Trinajstić information content (AvgIpc) is 2.47. The van der Waals surface area contributed by atoms with Crippen molar-refractivity contribution in [3.8, 4) is 0 Å². The van der Waals surface area contributed by atoms with E-state index in [4.69, 9.17) is 0 Å². The van der Waals surface area contributed by atoms with Gasteiger partial charge in [-0.2, -0.15) is 0 Å². The fraction of sp³-hybridized carbons (Fsp3) is 0.375. The highest BCUT2D eigenvalue weighted by molar-refractivity contribution is 8.17. The van der Waals surface area contributed by atoms with Gasteiger partial charge in [0.2, 0.25) is 4.33 Å². The minimum Gasteiger partial charge on any atom is -0.214 e. The van der Waals surface area contributed by atoms with E-state index < -0.39 is 4.33 Å². The van der Waals surface area contributed by atoms with Gasteiger partial charge < -0.3 is 0 Å². The third-order valence-electron chi connectivity index (χ3n) is 3.52. The summed E-state index contributed by atoms with van der Waals surface area (Å²) < 4.78 is 13.7. The molecule has 0 saturated carbocycles. The van der Waals surface area contributed by atoms with Crippen LogP contribution in [0, 0.1) is 0 Å². The molecule has 0 spiro atoms. The second kappa shape index (κ2) is 5.37. The average molecular weight is 292 g/mol. The van der Waals surface area contributed by atoms with Crippen molar-refractivity contribution in [1.29, 1.82) is 0 Å². The molecule has 2 aromatic rings. The first-order valence-corrected chi connectivity index (χ1v) is 8.68. The van der Waals surface area contributed by atoms with Crippen LogP contribution in [0.15, 0.2) is 36.4 Å². The first-order valence-electron chi connectivity index (χ1n) is 6.71. The van der Waals surface area contributed by atoms with Crippen LogP contribution in [0.25, 0.3) is 10.8 Å². The number of rotatable bonds is 2. The van der Waals surface area contributed by atoms with Gasteiger partial charge in [0.1, 0.15) is 0 Å². The number of thioether (sulfide) groups is 2. The maximum absolute atomic E-state index is 14.9. The van der Waals surface area contributed by atoms with Gasteiger partial charge in [0.15, 0.2) is 0 Å². The molecule has 19 heavy (non-hydrogen) atoms. The zero-order valence-corrected chi connectivity index (χ0v) is 12.6. The van der Waals surface area contributed by atoms with Crippen LogP contribution in [0.2, 0.25) is 0 Å². The van der Waals surface area contributed by atoms with E-state index in [1.165, 1.54) is 34.5 Å². The highest BCUT2D eigenvalue weighted by Crippen LogP contribution is 2.51. The van der Waals surface area contributed by atoms with Crippen LogP contribution < -0.4 is 0 Å². The lowest BCUT2D eigenvalue weighted by atomic mass is 10.0. The van der Waals surface area contributed by atoms with Crippen LogP contribution in [0.5, 0.6) is 0 Å². The van der Waals surface area contributed by atoms with E-state index >= 15 is 0 Å². The van der Waals surface area contributed by atoms with E-state index in [1.807, 2.05) is 12.1 Å². The van der Waals surface area contributed by atoms with Gasteiger partial charge in [-0.1, -0.05) is 37.3 Å². The fourth-order valence-corrected chi connectivity index (χ4v) is 5.08. The molecule has 0 unspecified atom stereocenters. The van der Waals surface area contributed by atoms with Crippen molar-refractivity contribution in [3.63, 3.8) is 0 Å². The lowest BCUT2D eigenvalue weighted by Crippen LogP contribution is -2.16. The van der Waals surface area contributed by atoms with Gasteiger partial charge in [-0.25, -0.2) is 4.39 Å². The van der Waals surface area contributed by atoms with E-state index in [0.717, 1.165) is 35.3 Å². The van der Waals surface area contributed by atoms with Gasteiger partial charge in [-0.05, 0) is 46.7 Å². The zero-order valence-electron chi connectivity index (χ0n) is 11.0. The Morgan fingerprint density at radius 2 is 1.74 bits per heavy atom. The Balaban J connectivity index is 2.01. The molecular weight excluding hydrogens is 275 g/mol. The Bertz CT molecular complexity index is 588. The maximum atomic E-state index is 14.9. The Kier molecular flexibility index (Phi) is 3.77. The fourth-order valence-electron chi connectivity index (χ4n) is 2.38. The van der Waals surface area contributed by atoms with E-state index in [2.05, 4.69) is 31.2 Å². The van der Waals surface area contributed by atoms with Crippen molar-refractivity contribution >= 4 is 34.3 Å². The Morgan fingerprint density at radius 1 is 1.05 bits per heavy atom. The number of benzene rings is 2. The van der Waals surface area contributed by atoms with Gasteiger partial charge in [0, 0.05) is 5.56 Å². The molecule has 0 aliphatic carbocycles. The number of hydrogen-bond acceptors (Lipinski definition) is 2. The van der Waals surface area contributed by atoms with Gasteiger partial charge in [-0.3, -0.25) is 0 Å². The van der Waals surface area contributed by atoms with Gasteiger partial charge in [0.25, 0.3) is 0 Å². The smallest absolute Gasteiger partial charge is 0.214 e. The van der Waals surface area contributed by atoms with Crippen molar-refractivity contribution in [1.82, 2.24) is 0 Å². The highest BCUT2D eigenvalue weighted by Gasteiger charge is 2.35. The number of halogens is 1. The molecule has 0 amide bonds. The van der Waals surface area contributed by atoms with Crippen molar-refractivity contribution in [3.05, 3.63) is 47.5 Å². The summed E-state index contributed by atoms with van der Waals surface area (Å²) in [6.45, 7) is 2.15. The first kappa shape index (κ1) is 13.3. The molecule has 100 valence electrons. The summed E-state index contributed by atoms with van der Waals surface area (Å²) in [5.74, 6) is 1.83. The molecule has 3 heteroatoms. The molecule has 3 rings (SSSR count). The van der Waals surface area contributed by atoms with Crippen LogP contribution >= 0.6 is 23.5 Å². The summed E-state index contributed by atoms with van der Waals surface area (Å²) in [5, 5.41) is 2.34. The minimum absolute atomic E-state index is 0.805. The molecule has 0 nitrogen and oxygen atoms in total. The Morgan fingerprint density at radius 3 is 2.47 bits per heavy atom. The lowest BCUT2D eigenvalue weighted by Gasteiger charge is -2.28. The second-order valence-electron chi connectivity index (χ2n) is 4.84. The molecule has 1 saturated heterocycles. The summed E-state index contributed by atoms with van der Waals surface area (Å²) in [4.78, 5) is 0.